The third-order valence-corrected chi connectivity index (χ3v) is 4.34. The first-order chi connectivity index (χ1) is 11.5. The zero-order chi connectivity index (χ0) is 17.4. The minimum Gasteiger partial charge on any atom is -0.356 e. The molecular formula is C17H17FN2O3S. The zero-order valence-corrected chi connectivity index (χ0v) is 13.7. The molecule has 0 saturated heterocycles. The molecule has 0 atom stereocenters. The molecule has 0 bridgehead atoms. The van der Waals surface area contributed by atoms with E-state index in [2.05, 4.69) is 5.32 Å². The molecule has 0 saturated carbocycles. The van der Waals surface area contributed by atoms with Crippen LogP contribution >= 0.6 is 11.8 Å². The molecule has 5 nitrogen and oxygen atoms in total. The Kier molecular flexibility index (Phi) is 6.74. The van der Waals surface area contributed by atoms with Crippen molar-refractivity contribution in [1.29, 1.82) is 0 Å². The van der Waals surface area contributed by atoms with E-state index in [4.69, 9.17) is 0 Å². The number of nitro benzene ring substituents is 1. The van der Waals surface area contributed by atoms with Gasteiger partial charge in [0, 0.05) is 23.6 Å². The largest absolute Gasteiger partial charge is 0.356 e. The number of hydrogen-bond donors (Lipinski definition) is 1. The topological polar surface area (TPSA) is 72.2 Å². The van der Waals surface area contributed by atoms with Gasteiger partial charge >= 0.3 is 0 Å². The summed E-state index contributed by atoms with van der Waals surface area (Å²) >= 11 is 1.61. The Morgan fingerprint density at radius 1 is 1.12 bits per heavy atom. The second-order valence-corrected chi connectivity index (χ2v) is 6.27. The molecule has 2 rings (SSSR count). The highest BCUT2D eigenvalue weighted by molar-refractivity contribution is 7.99. The highest BCUT2D eigenvalue weighted by atomic mass is 32.2. The number of nitro groups is 1. The molecule has 126 valence electrons. The van der Waals surface area contributed by atoms with Crippen molar-refractivity contribution >= 4 is 23.4 Å². The van der Waals surface area contributed by atoms with Crippen LogP contribution < -0.4 is 5.32 Å². The monoisotopic (exact) mass is 348 g/mol. The lowest BCUT2D eigenvalue weighted by atomic mass is 10.1. The van der Waals surface area contributed by atoms with Crippen molar-refractivity contribution in [3.05, 3.63) is 70.0 Å². The maximum atomic E-state index is 12.8. The van der Waals surface area contributed by atoms with Crippen LogP contribution in [0.25, 0.3) is 0 Å². The van der Waals surface area contributed by atoms with Gasteiger partial charge < -0.3 is 5.32 Å². The summed E-state index contributed by atoms with van der Waals surface area (Å²) in [5.74, 6) is 0.456. The quantitative estimate of drug-likeness (QED) is 0.343. The van der Waals surface area contributed by atoms with Crippen molar-refractivity contribution in [2.75, 3.05) is 12.3 Å². The van der Waals surface area contributed by atoms with Gasteiger partial charge in [-0.1, -0.05) is 12.1 Å². The smallest absolute Gasteiger partial charge is 0.269 e. The van der Waals surface area contributed by atoms with E-state index in [1.807, 2.05) is 0 Å². The van der Waals surface area contributed by atoms with E-state index in [-0.39, 0.29) is 23.8 Å². The first-order valence-corrected chi connectivity index (χ1v) is 8.41. The van der Waals surface area contributed by atoms with Crippen LogP contribution in [-0.4, -0.2) is 23.1 Å². The summed E-state index contributed by atoms with van der Waals surface area (Å²) in [6.45, 7) is 0.556. The molecule has 0 aromatic heterocycles. The van der Waals surface area contributed by atoms with Crippen molar-refractivity contribution < 1.29 is 14.1 Å². The van der Waals surface area contributed by atoms with E-state index in [0.717, 1.165) is 22.6 Å². The van der Waals surface area contributed by atoms with E-state index in [1.54, 1.807) is 36.0 Å². The SMILES string of the molecule is O=C(Cc1ccc([N+](=O)[O-])cc1)NCCCSc1ccc(F)cc1. The molecule has 0 unspecified atom stereocenters. The molecule has 24 heavy (non-hydrogen) atoms. The Balaban J connectivity index is 1.64. The molecule has 1 amide bonds. The predicted octanol–water partition coefficient (Wildman–Crippen LogP) is 3.58. The Morgan fingerprint density at radius 3 is 2.42 bits per heavy atom. The molecular weight excluding hydrogens is 331 g/mol. The van der Waals surface area contributed by atoms with Crippen LogP contribution in [0, 0.1) is 15.9 Å². The third kappa shape index (κ3) is 6.00. The van der Waals surface area contributed by atoms with Gasteiger partial charge in [0.2, 0.25) is 5.91 Å². The summed E-state index contributed by atoms with van der Waals surface area (Å²) in [6, 6.07) is 12.3. The summed E-state index contributed by atoms with van der Waals surface area (Å²) in [5, 5.41) is 13.4. The lowest BCUT2D eigenvalue weighted by Gasteiger charge is -2.05. The van der Waals surface area contributed by atoms with E-state index in [1.165, 1.54) is 24.3 Å². The molecule has 0 aliphatic carbocycles. The van der Waals surface area contributed by atoms with E-state index < -0.39 is 4.92 Å². The number of benzene rings is 2. The first kappa shape index (κ1) is 17.9. The fourth-order valence-corrected chi connectivity index (χ4v) is 2.86. The average molecular weight is 348 g/mol. The van der Waals surface area contributed by atoms with E-state index in [0.29, 0.717) is 6.54 Å². The molecule has 0 spiro atoms. The Bertz CT molecular complexity index is 690. The summed E-state index contributed by atoms with van der Waals surface area (Å²) in [4.78, 5) is 22.9. The van der Waals surface area contributed by atoms with E-state index in [9.17, 15) is 19.3 Å². The van der Waals surface area contributed by atoms with Gasteiger partial charge in [0.25, 0.3) is 5.69 Å². The third-order valence-electron chi connectivity index (χ3n) is 3.24. The molecule has 0 fully saturated rings. The number of non-ortho nitro benzene ring substituents is 1. The summed E-state index contributed by atoms with van der Waals surface area (Å²) in [6.07, 6.45) is 0.997. The van der Waals surface area contributed by atoms with Crippen molar-refractivity contribution in [2.24, 2.45) is 0 Å². The van der Waals surface area contributed by atoms with Gasteiger partial charge in [0.1, 0.15) is 5.82 Å². The van der Waals surface area contributed by atoms with E-state index >= 15 is 0 Å². The highest BCUT2D eigenvalue weighted by Gasteiger charge is 2.07. The highest BCUT2D eigenvalue weighted by Crippen LogP contribution is 2.18. The number of thioether (sulfide) groups is 1. The fraction of sp³-hybridized carbons (Fsp3) is 0.235. The minimum atomic E-state index is -0.470. The van der Waals surface area contributed by atoms with Crippen LogP contribution in [0.3, 0.4) is 0 Å². The zero-order valence-electron chi connectivity index (χ0n) is 12.9. The van der Waals surface area contributed by atoms with Crippen LogP contribution in [0.4, 0.5) is 10.1 Å². The van der Waals surface area contributed by atoms with Crippen molar-refractivity contribution in [2.45, 2.75) is 17.7 Å². The molecule has 0 radical (unpaired) electrons. The maximum Gasteiger partial charge on any atom is 0.269 e. The molecule has 0 heterocycles. The Hall–Kier alpha value is -2.41. The second kappa shape index (κ2) is 9.02. The fourth-order valence-electron chi connectivity index (χ4n) is 2.00. The average Bonchev–Trinajstić information content (AvgIpc) is 2.56. The minimum absolute atomic E-state index is 0.0111. The lowest BCUT2D eigenvalue weighted by Crippen LogP contribution is -2.26. The van der Waals surface area contributed by atoms with Crippen LogP contribution in [0.1, 0.15) is 12.0 Å². The van der Waals surface area contributed by atoms with Gasteiger partial charge in [0.15, 0.2) is 0 Å². The number of nitrogens with zero attached hydrogens (tertiary/aromatic N) is 1. The number of halogens is 1. The number of carbonyl (C=O) groups excluding carboxylic acids is 1. The van der Waals surface area contributed by atoms with Crippen LogP contribution in [0.15, 0.2) is 53.4 Å². The number of carbonyl (C=O) groups is 1. The van der Waals surface area contributed by atoms with Crippen molar-refractivity contribution in [3.8, 4) is 0 Å². The summed E-state index contributed by atoms with van der Waals surface area (Å²) in [5.41, 5.74) is 0.746. The Labute approximate surface area is 143 Å². The standard InChI is InChI=1S/C17H17FN2O3S/c18-14-4-8-16(9-5-14)24-11-1-10-19-17(21)12-13-2-6-15(7-3-13)20(22)23/h2-9H,1,10-12H2,(H,19,21). The predicted molar refractivity (Wildman–Crippen MR) is 91.6 cm³/mol. The molecule has 0 aliphatic rings. The number of rotatable bonds is 8. The second-order valence-electron chi connectivity index (χ2n) is 5.11. The Morgan fingerprint density at radius 2 is 1.79 bits per heavy atom. The van der Waals surface area contributed by atoms with Crippen LogP contribution in [0.5, 0.6) is 0 Å². The number of hydrogen-bond acceptors (Lipinski definition) is 4. The summed E-state index contributed by atoms with van der Waals surface area (Å²) < 4.78 is 12.8. The van der Waals surface area contributed by atoms with Gasteiger partial charge in [-0.05, 0) is 42.0 Å². The molecule has 2 aromatic rings. The maximum absolute atomic E-state index is 12.8. The normalized spacial score (nSPS) is 10.4. The molecule has 7 heteroatoms. The lowest BCUT2D eigenvalue weighted by molar-refractivity contribution is -0.384. The first-order valence-electron chi connectivity index (χ1n) is 7.43. The molecule has 0 aliphatic heterocycles. The van der Waals surface area contributed by atoms with Gasteiger partial charge in [-0.2, -0.15) is 0 Å². The van der Waals surface area contributed by atoms with Crippen LogP contribution in [0.2, 0.25) is 0 Å². The van der Waals surface area contributed by atoms with Crippen molar-refractivity contribution in [3.63, 3.8) is 0 Å². The van der Waals surface area contributed by atoms with Gasteiger partial charge in [-0.15, -0.1) is 11.8 Å². The molecule has 2 aromatic carbocycles. The number of amides is 1. The van der Waals surface area contributed by atoms with Gasteiger partial charge in [0.05, 0.1) is 11.3 Å². The van der Waals surface area contributed by atoms with Gasteiger partial charge in [-0.3, -0.25) is 14.9 Å². The van der Waals surface area contributed by atoms with Crippen LogP contribution in [-0.2, 0) is 11.2 Å². The molecule has 1 N–H and O–H groups in total. The summed E-state index contributed by atoms with van der Waals surface area (Å²) in [7, 11) is 0. The van der Waals surface area contributed by atoms with Crippen molar-refractivity contribution in [1.82, 2.24) is 5.32 Å². The number of nitrogens with one attached hydrogen (secondary N) is 1. The van der Waals surface area contributed by atoms with Gasteiger partial charge in [-0.25, -0.2) is 4.39 Å².